The van der Waals surface area contributed by atoms with Crippen LogP contribution in [0.4, 0.5) is 13.2 Å². The van der Waals surface area contributed by atoms with E-state index in [0.29, 0.717) is 61.7 Å². The Morgan fingerprint density at radius 2 is 1.80 bits per heavy atom. The first kappa shape index (κ1) is 30.7. The second-order valence-electron chi connectivity index (χ2n) is 11.3. The van der Waals surface area contributed by atoms with Crippen molar-refractivity contribution in [3.05, 3.63) is 83.3 Å². The summed E-state index contributed by atoms with van der Waals surface area (Å²) < 4.78 is 61.4. The van der Waals surface area contributed by atoms with Gasteiger partial charge < -0.3 is 18.8 Å². The molecule has 0 radical (unpaired) electrons. The van der Waals surface area contributed by atoms with Gasteiger partial charge >= 0.3 is 12.1 Å². The molecule has 6 rings (SSSR count). The number of aromatic nitrogens is 3. The normalized spacial score (nSPS) is 13.9. The van der Waals surface area contributed by atoms with Crippen molar-refractivity contribution in [2.75, 3.05) is 19.8 Å². The third-order valence-corrected chi connectivity index (χ3v) is 8.22. The average Bonchev–Trinajstić information content (AvgIpc) is 3.47. The van der Waals surface area contributed by atoms with E-state index in [4.69, 9.17) is 14.2 Å². The van der Waals surface area contributed by atoms with E-state index in [9.17, 15) is 18.0 Å². The molecule has 0 N–H and O–H groups in total. The van der Waals surface area contributed by atoms with Gasteiger partial charge in [-0.25, -0.2) is 4.79 Å². The zero-order chi connectivity index (χ0) is 31.6. The maximum Gasteiger partial charge on any atom is 0.408 e. The molecule has 45 heavy (non-hydrogen) atoms. The molecule has 0 spiro atoms. The Balaban J connectivity index is 1.43. The third-order valence-electron chi connectivity index (χ3n) is 8.22. The minimum Gasteiger partial charge on any atom is -0.493 e. The van der Waals surface area contributed by atoms with Gasteiger partial charge in [0.2, 0.25) is 0 Å². The van der Waals surface area contributed by atoms with E-state index < -0.39 is 18.7 Å². The second-order valence-corrected chi connectivity index (χ2v) is 11.3. The number of nitrogens with zero attached hydrogens (tertiary/aromatic N) is 3. The first-order chi connectivity index (χ1) is 21.8. The highest BCUT2D eigenvalue weighted by Gasteiger charge is 2.33. The number of halogens is 3. The van der Waals surface area contributed by atoms with Crippen LogP contribution in [0.25, 0.3) is 32.8 Å². The van der Waals surface area contributed by atoms with Gasteiger partial charge in [-0.3, -0.25) is 4.68 Å². The predicted octanol–water partition coefficient (Wildman–Crippen LogP) is 8.03. The SMILES string of the molecule is CCOC(=O)c1c(CCCOc2cccc3ccccc23)c2cccc3c2n1CCCCOCc1c-3c(C)nn1CC(F)(F)F. The first-order valence-electron chi connectivity index (χ1n) is 15.4. The highest BCUT2D eigenvalue weighted by atomic mass is 19.4. The quantitative estimate of drug-likeness (QED) is 0.130. The fraction of sp³-hybridized carbons (Fsp3) is 0.371. The minimum atomic E-state index is -4.44. The Labute approximate surface area is 259 Å². The van der Waals surface area contributed by atoms with Gasteiger partial charge in [0.1, 0.15) is 18.0 Å². The molecule has 2 aromatic heterocycles. The molecule has 0 unspecified atom stereocenters. The van der Waals surface area contributed by atoms with Crippen molar-refractivity contribution in [3.63, 3.8) is 0 Å². The van der Waals surface area contributed by atoms with Crippen LogP contribution in [0.5, 0.6) is 5.75 Å². The summed E-state index contributed by atoms with van der Waals surface area (Å²) in [6.45, 7) is 3.86. The monoisotopic (exact) mass is 619 g/mol. The number of fused-ring (bicyclic) bond motifs is 3. The Morgan fingerprint density at radius 1 is 1.02 bits per heavy atom. The topological polar surface area (TPSA) is 67.5 Å². The van der Waals surface area contributed by atoms with Crippen molar-refractivity contribution < 1.29 is 32.2 Å². The molecular formula is C35H36F3N3O4. The molecule has 0 amide bonds. The molecule has 0 saturated heterocycles. The van der Waals surface area contributed by atoms with Crippen molar-refractivity contribution in [2.24, 2.45) is 0 Å². The minimum absolute atomic E-state index is 0.00640. The van der Waals surface area contributed by atoms with Gasteiger partial charge in [0, 0.05) is 35.1 Å². The number of benzene rings is 3. The molecule has 0 aliphatic carbocycles. The van der Waals surface area contributed by atoms with Gasteiger partial charge in [0.25, 0.3) is 0 Å². The molecule has 1 aliphatic heterocycles. The molecule has 7 nitrogen and oxygen atoms in total. The van der Waals surface area contributed by atoms with E-state index in [-0.39, 0.29) is 13.2 Å². The summed E-state index contributed by atoms with van der Waals surface area (Å²) in [5.41, 5.74) is 4.29. The summed E-state index contributed by atoms with van der Waals surface area (Å²) >= 11 is 0. The second kappa shape index (κ2) is 13.0. The molecule has 236 valence electrons. The largest absolute Gasteiger partial charge is 0.493 e. The van der Waals surface area contributed by atoms with E-state index >= 15 is 0 Å². The maximum atomic E-state index is 13.6. The number of ether oxygens (including phenoxy) is 3. The Hall–Kier alpha value is -4.31. The van der Waals surface area contributed by atoms with Gasteiger partial charge in [-0.15, -0.1) is 0 Å². The summed E-state index contributed by atoms with van der Waals surface area (Å²) in [4.78, 5) is 13.6. The number of carbonyl (C=O) groups is 1. The zero-order valence-electron chi connectivity index (χ0n) is 25.5. The predicted molar refractivity (Wildman–Crippen MR) is 167 cm³/mol. The molecule has 0 atom stereocenters. The third kappa shape index (κ3) is 6.29. The fourth-order valence-corrected chi connectivity index (χ4v) is 6.41. The van der Waals surface area contributed by atoms with Gasteiger partial charge in [-0.05, 0) is 56.5 Å². The summed E-state index contributed by atoms with van der Waals surface area (Å²) in [6, 6.07) is 19.8. The van der Waals surface area contributed by atoms with Crippen LogP contribution in [-0.4, -0.2) is 46.3 Å². The van der Waals surface area contributed by atoms with Crippen LogP contribution < -0.4 is 4.74 Å². The van der Waals surface area contributed by atoms with Crippen LogP contribution in [0.3, 0.4) is 0 Å². The van der Waals surface area contributed by atoms with Crippen LogP contribution >= 0.6 is 0 Å². The maximum absolute atomic E-state index is 13.6. The lowest BCUT2D eigenvalue weighted by Crippen LogP contribution is -2.21. The summed E-state index contributed by atoms with van der Waals surface area (Å²) in [7, 11) is 0. The van der Waals surface area contributed by atoms with E-state index in [1.165, 1.54) is 0 Å². The number of para-hydroxylation sites is 1. The van der Waals surface area contributed by atoms with Gasteiger partial charge in [0.15, 0.2) is 0 Å². The fourth-order valence-electron chi connectivity index (χ4n) is 6.41. The standard InChI is InChI=1S/C35H36F3N3O4/c1-3-44-34(42)33-27(16-10-20-45-30-17-8-12-24-11-4-5-13-25(24)30)26-14-9-15-28-31-23(2)39-41(22-35(36,37)38)29(31)21-43-19-7-6-18-40(33)32(26)28/h4-5,8-9,11-15,17H,3,6-7,10,16,18-22H2,1-2H3. The Morgan fingerprint density at radius 3 is 2.62 bits per heavy atom. The van der Waals surface area contributed by atoms with Crippen LogP contribution in [0.2, 0.25) is 0 Å². The van der Waals surface area contributed by atoms with Crippen molar-refractivity contribution >= 4 is 27.6 Å². The number of carbonyl (C=O) groups excluding carboxylic acids is 1. The van der Waals surface area contributed by atoms with Crippen molar-refractivity contribution in [1.82, 2.24) is 14.3 Å². The smallest absolute Gasteiger partial charge is 0.408 e. The Bertz CT molecular complexity index is 1830. The molecule has 0 fully saturated rings. The number of aryl methyl sites for hydroxylation is 3. The number of hydrogen-bond acceptors (Lipinski definition) is 5. The summed E-state index contributed by atoms with van der Waals surface area (Å²) in [6.07, 6.45) is -1.85. The van der Waals surface area contributed by atoms with Crippen LogP contribution in [0.1, 0.15) is 53.6 Å². The number of rotatable bonds is 8. The van der Waals surface area contributed by atoms with Crippen molar-refractivity contribution in [1.29, 1.82) is 0 Å². The average molecular weight is 620 g/mol. The van der Waals surface area contributed by atoms with Gasteiger partial charge in [0.05, 0.1) is 36.7 Å². The number of hydrogen-bond donors (Lipinski definition) is 0. The Kier molecular flexibility index (Phi) is 8.85. The molecule has 0 bridgehead atoms. The van der Waals surface area contributed by atoms with Crippen molar-refractivity contribution in [3.8, 4) is 16.9 Å². The highest BCUT2D eigenvalue weighted by Crippen LogP contribution is 2.39. The number of alkyl halides is 3. The lowest BCUT2D eigenvalue weighted by molar-refractivity contribution is -0.143. The molecule has 1 aliphatic rings. The first-order valence-corrected chi connectivity index (χ1v) is 15.4. The summed E-state index contributed by atoms with van der Waals surface area (Å²) in [5.74, 6) is 0.388. The lowest BCUT2D eigenvalue weighted by Gasteiger charge is -2.14. The highest BCUT2D eigenvalue weighted by molar-refractivity contribution is 6.05. The van der Waals surface area contributed by atoms with Crippen molar-refractivity contribution in [2.45, 2.75) is 65.4 Å². The van der Waals surface area contributed by atoms with Gasteiger partial charge in [-0.1, -0.05) is 54.6 Å². The molecule has 10 heteroatoms. The van der Waals surface area contributed by atoms with E-state index in [0.717, 1.165) is 49.7 Å². The zero-order valence-corrected chi connectivity index (χ0v) is 25.5. The molecule has 5 aromatic rings. The molecule has 3 heterocycles. The van der Waals surface area contributed by atoms with Crippen LogP contribution in [0.15, 0.2) is 60.7 Å². The van der Waals surface area contributed by atoms with Crippen LogP contribution in [0, 0.1) is 6.92 Å². The molecule has 3 aromatic carbocycles. The lowest BCUT2D eigenvalue weighted by atomic mass is 9.98. The molecule has 0 saturated carbocycles. The van der Waals surface area contributed by atoms with E-state index in [2.05, 4.69) is 5.10 Å². The summed E-state index contributed by atoms with van der Waals surface area (Å²) in [5, 5.41) is 7.32. The van der Waals surface area contributed by atoms with Crippen LogP contribution in [-0.2, 0) is 35.6 Å². The molecular weight excluding hydrogens is 583 g/mol. The van der Waals surface area contributed by atoms with E-state index in [1.54, 1.807) is 13.8 Å². The van der Waals surface area contributed by atoms with E-state index in [1.807, 2.05) is 65.2 Å². The number of esters is 1. The van der Waals surface area contributed by atoms with Gasteiger partial charge in [-0.2, -0.15) is 18.3 Å².